The van der Waals surface area contributed by atoms with Crippen LogP contribution in [0.5, 0.6) is 5.75 Å². The van der Waals surface area contributed by atoms with E-state index in [1.54, 1.807) is 13.3 Å². The zero-order valence-corrected chi connectivity index (χ0v) is 16.0. The number of hydrogen-bond donors (Lipinski definition) is 2. The van der Waals surface area contributed by atoms with Crippen LogP contribution < -0.4 is 15.4 Å². The predicted octanol–water partition coefficient (Wildman–Crippen LogP) is 4.45. The highest BCUT2D eigenvalue weighted by molar-refractivity contribution is 6.30. The van der Waals surface area contributed by atoms with E-state index >= 15 is 0 Å². The molecular formula is C21H23ClN4O. The minimum atomic E-state index is 0.612. The van der Waals surface area contributed by atoms with Gasteiger partial charge in [0.05, 0.1) is 7.11 Å². The lowest BCUT2D eigenvalue weighted by Gasteiger charge is -2.10. The monoisotopic (exact) mass is 382 g/mol. The predicted molar refractivity (Wildman–Crippen MR) is 111 cm³/mol. The molecule has 0 atom stereocenters. The molecule has 27 heavy (non-hydrogen) atoms. The summed E-state index contributed by atoms with van der Waals surface area (Å²) >= 11 is 5.91. The number of hydrogen-bond acceptors (Lipinski definition) is 5. The molecule has 0 unspecified atom stereocenters. The highest BCUT2D eigenvalue weighted by Crippen LogP contribution is 2.17. The van der Waals surface area contributed by atoms with Crippen LogP contribution >= 0.6 is 11.6 Å². The number of halogens is 1. The third-order valence-corrected chi connectivity index (χ3v) is 4.41. The largest absolute Gasteiger partial charge is 0.496 e. The zero-order valence-electron chi connectivity index (χ0n) is 15.3. The molecule has 2 aromatic carbocycles. The maximum Gasteiger partial charge on any atom is 0.224 e. The summed E-state index contributed by atoms with van der Waals surface area (Å²) in [5, 5.41) is 7.35. The summed E-state index contributed by atoms with van der Waals surface area (Å²) in [6.45, 7) is 1.52. The van der Waals surface area contributed by atoms with Gasteiger partial charge in [-0.3, -0.25) is 0 Å². The Balaban J connectivity index is 1.47. The normalized spacial score (nSPS) is 10.4. The molecular weight excluding hydrogens is 360 g/mol. The number of rotatable bonds is 9. The summed E-state index contributed by atoms with van der Waals surface area (Å²) in [4.78, 5) is 8.79. The lowest BCUT2D eigenvalue weighted by Crippen LogP contribution is -2.11. The van der Waals surface area contributed by atoms with Crippen molar-refractivity contribution in [2.45, 2.75) is 12.8 Å². The van der Waals surface area contributed by atoms with Crippen molar-refractivity contribution in [2.75, 3.05) is 30.8 Å². The van der Waals surface area contributed by atoms with Crippen LogP contribution in [-0.4, -0.2) is 30.2 Å². The molecule has 0 aliphatic heterocycles. The molecule has 0 fully saturated rings. The number of aromatic nitrogens is 2. The molecule has 0 saturated carbocycles. The maximum atomic E-state index is 5.91. The third kappa shape index (κ3) is 5.86. The van der Waals surface area contributed by atoms with Gasteiger partial charge in [0.1, 0.15) is 11.6 Å². The molecule has 2 N–H and O–H groups in total. The summed E-state index contributed by atoms with van der Waals surface area (Å²) in [7, 11) is 1.69. The van der Waals surface area contributed by atoms with E-state index in [1.807, 2.05) is 48.5 Å². The number of nitrogens with one attached hydrogen (secondary N) is 2. The smallest absolute Gasteiger partial charge is 0.224 e. The van der Waals surface area contributed by atoms with Gasteiger partial charge in [-0.25, -0.2) is 4.98 Å². The number of anilines is 2. The molecule has 0 saturated heterocycles. The van der Waals surface area contributed by atoms with Crippen LogP contribution in [-0.2, 0) is 12.8 Å². The quantitative estimate of drug-likeness (QED) is 0.572. The van der Waals surface area contributed by atoms with Crippen molar-refractivity contribution in [1.82, 2.24) is 9.97 Å². The molecule has 0 amide bonds. The third-order valence-electron chi connectivity index (χ3n) is 4.16. The molecule has 0 bridgehead atoms. The van der Waals surface area contributed by atoms with Gasteiger partial charge >= 0.3 is 0 Å². The molecule has 5 nitrogen and oxygen atoms in total. The van der Waals surface area contributed by atoms with Crippen LogP contribution in [0.1, 0.15) is 11.1 Å². The average Bonchev–Trinajstić information content (AvgIpc) is 2.70. The number of ether oxygens (including phenoxy) is 1. The van der Waals surface area contributed by atoms with Gasteiger partial charge in [-0.1, -0.05) is 41.9 Å². The van der Waals surface area contributed by atoms with E-state index in [-0.39, 0.29) is 0 Å². The van der Waals surface area contributed by atoms with Gasteiger partial charge in [0.15, 0.2) is 0 Å². The van der Waals surface area contributed by atoms with Crippen molar-refractivity contribution in [3.8, 4) is 5.75 Å². The van der Waals surface area contributed by atoms with Crippen LogP contribution in [0.2, 0.25) is 5.02 Å². The molecule has 3 rings (SSSR count). The Hall–Kier alpha value is -2.79. The second-order valence-corrected chi connectivity index (χ2v) is 6.49. The van der Waals surface area contributed by atoms with E-state index in [1.165, 1.54) is 5.56 Å². The summed E-state index contributed by atoms with van der Waals surface area (Å²) in [5.41, 5.74) is 2.39. The van der Waals surface area contributed by atoms with Gasteiger partial charge in [0, 0.05) is 24.3 Å². The fraction of sp³-hybridized carbons (Fsp3) is 0.238. The van der Waals surface area contributed by atoms with Gasteiger partial charge in [0.2, 0.25) is 5.95 Å². The van der Waals surface area contributed by atoms with Crippen molar-refractivity contribution in [2.24, 2.45) is 0 Å². The molecule has 1 aromatic heterocycles. The minimum absolute atomic E-state index is 0.612. The summed E-state index contributed by atoms with van der Waals surface area (Å²) < 4.78 is 5.38. The lowest BCUT2D eigenvalue weighted by molar-refractivity contribution is 0.410. The Morgan fingerprint density at radius 2 is 1.70 bits per heavy atom. The van der Waals surface area contributed by atoms with Crippen LogP contribution in [0.25, 0.3) is 0 Å². The summed E-state index contributed by atoms with van der Waals surface area (Å²) in [6.07, 6.45) is 3.49. The van der Waals surface area contributed by atoms with Crippen molar-refractivity contribution in [1.29, 1.82) is 0 Å². The summed E-state index contributed by atoms with van der Waals surface area (Å²) in [6, 6.07) is 17.8. The maximum absolute atomic E-state index is 5.91. The number of nitrogens with zero attached hydrogens (tertiary/aromatic N) is 2. The molecule has 0 aliphatic rings. The Morgan fingerprint density at radius 3 is 2.52 bits per heavy atom. The van der Waals surface area contributed by atoms with E-state index in [4.69, 9.17) is 16.3 Å². The van der Waals surface area contributed by atoms with E-state index in [2.05, 4.69) is 26.7 Å². The first-order valence-corrected chi connectivity index (χ1v) is 9.29. The van der Waals surface area contributed by atoms with Gasteiger partial charge in [-0.15, -0.1) is 0 Å². The van der Waals surface area contributed by atoms with Crippen LogP contribution in [0.4, 0.5) is 11.8 Å². The second kappa shape index (κ2) is 9.78. The highest BCUT2D eigenvalue weighted by Gasteiger charge is 2.03. The van der Waals surface area contributed by atoms with E-state index < -0.39 is 0 Å². The molecule has 6 heteroatoms. The standard InChI is InChI=1S/C21H23ClN4O/c1-27-19-5-3-2-4-17(19)11-14-24-21-25-15-12-20(26-21)23-13-10-16-6-8-18(22)9-7-16/h2-9,12,15H,10-11,13-14H2,1H3,(H2,23,24,25,26). The topological polar surface area (TPSA) is 59.1 Å². The average molecular weight is 383 g/mol. The lowest BCUT2D eigenvalue weighted by atomic mass is 10.1. The Bertz CT molecular complexity index is 855. The Morgan fingerprint density at radius 1 is 0.926 bits per heavy atom. The molecule has 0 aliphatic carbocycles. The van der Waals surface area contributed by atoms with Crippen LogP contribution in [0.3, 0.4) is 0 Å². The molecule has 140 valence electrons. The molecule has 3 aromatic rings. The first-order valence-electron chi connectivity index (χ1n) is 8.92. The van der Waals surface area contributed by atoms with E-state index in [0.717, 1.165) is 48.1 Å². The van der Waals surface area contributed by atoms with Gasteiger partial charge < -0.3 is 15.4 Å². The summed E-state index contributed by atoms with van der Waals surface area (Å²) in [5.74, 6) is 2.32. The highest BCUT2D eigenvalue weighted by atomic mass is 35.5. The number of methoxy groups -OCH3 is 1. The fourth-order valence-electron chi connectivity index (χ4n) is 2.75. The Labute approximate surface area is 164 Å². The molecule has 0 spiro atoms. The first kappa shape index (κ1) is 19.0. The molecule has 1 heterocycles. The fourth-order valence-corrected chi connectivity index (χ4v) is 2.87. The first-order chi connectivity index (χ1) is 13.2. The minimum Gasteiger partial charge on any atom is -0.496 e. The Kier molecular flexibility index (Phi) is 6.88. The second-order valence-electron chi connectivity index (χ2n) is 6.06. The van der Waals surface area contributed by atoms with E-state index in [0.29, 0.717) is 5.95 Å². The van der Waals surface area contributed by atoms with Crippen molar-refractivity contribution in [3.05, 3.63) is 76.9 Å². The van der Waals surface area contributed by atoms with Gasteiger partial charge in [-0.2, -0.15) is 4.98 Å². The van der Waals surface area contributed by atoms with Crippen LogP contribution in [0.15, 0.2) is 60.8 Å². The molecule has 0 radical (unpaired) electrons. The van der Waals surface area contributed by atoms with Crippen molar-refractivity contribution >= 4 is 23.4 Å². The SMILES string of the molecule is COc1ccccc1CCNc1nccc(NCCc2ccc(Cl)cc2)n1. The zero-order chi connectivity index (χ0) is 18.9. The van der Waals surface area contributed by atoms with Crippen molar-refractivity contribution in [3.63, 3.8) is 0 Å². The van der Waals surface area contributed by atoms with Gasteiger partial charge in [-0.05, 0) is 48.2 Å². The van der Waals surface area contributed by atoms with E-state index in [9.17, 15) is 0 Å². The number of para-hydroxylation sites is 1. The number of benzene rings is 2. The van der Waals surface area contributed by atoms with Crippen LogP contribution in [0, 0.1) is 0 Å². The van der Waals surface area contributed by atoms with Gasteiger partial charge in [0.25, 0.3) is 0 Å². The van der Waals surface area contributed by atoms with Crippen molar-refractivity contribution < 1.29 is 4.74 Å².